The van der Waals surface area contributed by atoms with E-state index < -0.39 is 80.1 Å². The number of hydrogen-bond donors (Lipinski definition) is 10. The average Bonchev–Trinajstić information content (AvgIpc) is 3.64. The van der Waals surface area contributed by atoms with Crippen LogP contribution in [-0.2, 0) is 16.0 Å². The Kier molecular flexibility index (Phi) is 6.60. The molecule has 0 radical (unpaired) electrons. The summed E-state index contributed by atoms with van der Waals surface area (Å²) in [6.07, 6.45) is -0.321. The molecule has 0 amide bonds. The van der Waals surface area contributed by atoms with E-state index in [1.807, 2.05) is 0 Å². The van der Waals surface area contributed by atoms with E-state index in [0.29, 0.717) is 16.5 Å². The number of carbonyl (C=O) groups is 2. The van der Waals surface area contributed by atoms with Gasteiger partial charge in [-0.05, 0) is 29.7 Å². The summed E-state index contributed by atoms with van der Waals surface area (Å²) in [5.74, 6) is -1.85. The second-order valence-electron chi connectivity index (χ2n) is 11.3. The molecule has 10 N–H and O–H groups in total. The number of benzene rings is 1. The van der Waals surface area contributed by atoms with E-state index in [1.165, 1.54) is 23.1 Å². The van der Waals surface area contributed by atoms with Gasteiger partial charge in [-0.3, -0.25) is 9.59 Å². The van der Waals surface area contributed by atoms with Crippen LogP contribution in [0.4, 0.5) is 5.69 Å². The number of ether oxygens (including phenoxy) is 1. The number of allylic oxidation sites excluding steroid dienone is 4. The van der Waals surface area contributed by atoms with Gasteiger partial charge in [-0.2, -0.15) is 4.68 Å². The number of nitrogens with zero attached hydrogens (tertiary/aromatic N) is 2. The number of aromatic nitrogens is 2. The van der Waals surface area contributed by atoms with E-state index in [1.54, 1.807) is 12.2 Å². The molecule has 1 fully saturated rings. The number of rotatable bonds is 6. The summed E-state index contributed by atoms with van der Waals surface area (Å²) < 4.78 is 6.82. The zero-order chi connectivity index (χ0) is 31.2. The molecular weight excluding hydrogens is 580 g/mol. The normalized spacial score (nSPS) is 27.8. The fourth-order valence-electron chi connectivity index (χ4n) is 6.83. The van der Waals surface area contributed by atoms with Crippen LogP contribution in [0, 0.1) is 0 Å². The molecule has 232 valence electrons. The number of ketones is 2. The lowest BCUT2D eigenvalue weighted by Gasteiger charge is -2.46. The molecule has 0 spiro atoms. The van der Waals surface area contributed by atoms with Gasteiger partial charge in [0.2, 0.25) is 17.5 Å². The summed E-state index contributed by atoms with van der Waals surface area (Å²) in [5, 5.41) is 85.3. The molecule has 6 atom stereocenters. The van der Waals surface area contributed by atoms with Gasteiger partial charge in [0.15, 0.2) is 12.0 Å². The Morgan fingerprint density at radius 2 is 1.70 bits per heavy atom. The standard InChI is InChI=1S/C29H30N4O11/c34-7-10(8-35)31-33-27(42)18-16-11-3-1-5-13(37)20(11)30-21(16)23-17(19(18)28(33)43)12-4-2-6-14(38)22(12)32(23)29-26(41)25(40)24(39)15(9-36)44-29/h1-2,4-6,10,15,22,24-26,29-31,34-36,39-43H,3,7-9H2/t15-,22?,24-,25+,26-,29-/m1/s1. The van der Waals surface area contributed by atoms with E-state index in [-0.39, 0.29) is 45.4 Å². The molecule has 2 aromatic heterocycles. The van der Waals surface area contributed by atoms with Gasteiger partial charge < -0.3 is 60.9 Å². The molecule has 4 heterocycles. The van der Waals surface area contributed by atoms with Gasteiger partial charge in [0, 0.05) is 10.9 Å². The van der Waals surface area contributed by atoms with E-state index in [2.05, 4.69) is 10.4 Å². The number of fused-ring (bicyclic) bond motifs is 10. The first-order valence-corrected chi connectivity index (χ1v) is 14.0. The van der Waals surface area contributed by atoms with Crippen molar-refractivity contribution in [3.05, 3.63) is 47.2 Å². The van der Waals surface area contributed by atoms with Crippen LogP contribution in [0.5, 0.6) is 11.8 Å². The van der Waals surface area contributed by atoms with Gasteiger partial charge in [0.1, 0.15) is 30.5 Å². The number of aliphatic hydroxyl groups excluding tert-OH is 6. The fraction of sp³-hybridized carbons (Fsp3) is 0.379. The third kappa shape index (κ3) is 3.68. The summed E-state index contributed by atoms with van der Waals surface area (Å²) in [6, 6.07) is -2.17. The summed E-state index contributed by atoms with van der Waals surface area (Å²) in [4.78, 5) is 31.1. The molecule has 15 nitrogen and oxygen atoms in total. The minimum Gasteiger partial charge on any atom is -0.493 e. The zero-order valence-electron chi connectivity index (χ0n) is 23.0. The quantitative estimate of drug-likeness (QED) is 0.149. The van der Waals surface area contributed by atoms with Crippen LogP contribution in [-0.4, -0.2) is 125 Å². The van der Waals surface area contributed by atoms with Crippen LogP contribution in [0.15, 0.2) is 30.4 Å². The molecule has 15 heteroatoms. The van der Waals surface area contributed by atoms with Crippen molar-refractivity contribution < 1.29 is 55.2 Å². The fourth-order valence-corrected chi connectivity index (χ4v) is 6.83. The second kappa shape index (κ2) is 10.2. The van der Waals surface area contributed by atoms with Crippen LogP contribution < -0.4 is 10.3 Å². The lowest BCUT2D eigenvalue weighted by Crippen LogP contribution is -2.65. The largest absolute Gasteiger partial charge is 0.493 e. The first-order chi connectivity index (χ1) is 21.1. The smallest absolute Gasteiger partial charge is 0.222 e. The molecule has 1 aromatic carbocycles. The van der Waals surface area contributed by atoms with Gasteiger partial charge in [-0.15, -0.1) is 0 Å². The van der Waals surface area contributed by atoms with Gasteiger partial charge >= 0.3 is 0 Å². The van der Waals surface area contributed by atoms with E-state index in [9.17, 15) is 50.4 Å². The van der Waals surface area contributed by atoms with Crippen LogP contribution >= 0.6 is 0 Å². The number of carbonyl (C=O) groups excluding carboxylic acids is 2. The second-order valence-corrected chi connectivity index (χ2v) is 11.3. The van der Waals surface area contributed by atoms with Crippen molar-refractivity contribution in [1.82, 2.24) is 9.66 Å². The van der Waals surface area contributed by atoms with E-state index in [0.717, 1.165) is 4.68 Å². The van der Waals surface area contributed by atoms with Crippen molar-refractivity contribution >= 4 is 44.5 Å². The maximum Gasteiger partial charge on any atom is 0.222 e. The van der Waals surface area contributed by atoms with Crippen LogP contribution in [0.25, 0.3) is 27.2 Å². The highest BCUT2D eigenvalue weighted by Crippen LogP contribution is 2.57. The third-order valence-electron chi connectivity index (χ3n) is 8.85. The Bertz CT molecular complexity index is 1810. The molecule has 2 aliphatic heterocycles. The van der Waals surface area contributed by atoms with Gasteiger partial charge in [0.05, 0.1) is 53.5 Å². The lowest BCUT2D eigenvalue weighted by molar-refractivity contribution is -0.229. The van der Waals surface area contributed by atoms with Crippen LogP contribution in [0.2, 0.25) is 0 Å². The van der Waals surface area contributed by atoms with Crippen molar-refractivity contribution in [1.29, 1.82) is 0 Å². The molecule has 4 aliphatic rings. The lowest BCUT2D eigenvalue weighted by atomic mass is 9.90. The third-order valence-corrected chi connectivity index (χ3v) is 8.85. The first-order valence-electron chi connectivity index (χ1n) is 14.0. The molecule has 44 heavy (non-hydrogen) atoms. The van der Waals surface area contributed by atoms with Crippen molar-refractivity contribution in [3.8, 4) is 11.8 Å². The molecule has 0 saturated carbocycles. The molecule has 3 aromatic rings. The number of aromatic hydroxyl groups is 2. The Morgan fingerprint density at radius 3 is 2.41 bits per heavy atom. The van der Waals surface area contributed by atoms with Crippen molar-refractivity contribution in [3.63, 3.8) is 0 Å². The van der Waals surface area contributed by atoms with E-state index >= 15 is 0 Å². The Hall–Kier alpha value is -4.22. The monoisotopic (exact) mass is 610 g/mol. The number of H-pyrrole nitrogens is 1. The molecule has 2 aliphatic carbocycles. The van der Waals surface area contributed by atoms with Crippen molar-refractivity contribution in [2.24, 2.45) is 0 Å². The molecule has 0 bridgehead atoms. The van der Waals surface area contributed by atoms with Gasteiger partial charge in [-0.1, -0.05) is 18.2 Å². The molecule has 1 saturated heterocycles. The number of hydrogen-bond acceptors (Lipinski definition) is 13. The van der Waals surface area contributed by atoms with Crippen LogP contribution in [0.1, 0.15) is 21.6 Å². The number of aromatic amines is 1. The van der Waals surface area contributed by atoms with Crippen molar-refractivity contribution in [2.45, 2.75) is 49.1 Å². The minimum atomic E-state index is -1.78. The Balaban J connectivity index is 1.60. The highest BCUT2D eigenvalue weighted by atomic mass is 16.6. The average molecular weight is 611 g/mol. The molecule has 7 rings (SSSR count). The van der Waals surface area contributed by atoms with Gasteiger partial charge in [-0.25, -0.2) is 0 Å². The minimum absolute atomic E-state index is 0.0578. The van der Waals surface area contributed by atoms with Gasteiger partial charge in [0.25, 0.3) is 0 Å². The highest BCUT2D eigenvalue weighted by Gasteiger charge is 2.53. The number of aliphatic hydroxyl groups is 6. The summed E-state index contributed by atoms with van der Waals surface area (Å²) in [7, 11) is 0. The molecule has 1 unspecified atom stereocenters. The summed E-state index contributed by atoms with van der Waals surface area (Å²) >= 11 is 0. The van der Waals surface area contributed by atoms with Crippen molar-refractivity contribution in [2.75, 3.05) is 30.1 Å². The summed E-state index contributed by atoms with van der Waals surface area (Å²) in [6.45, 7) is -1.81. The number of anilines is 1. The van der Waals surface area contributed by atoms with Crippen LogP contribution in [0.3, 0.4) is 0 Å². The Labute approximate surface area is 247 Å². The maximum absolute atomic E-state index is 13.6. The summed E-state index contributed by atoms with van der Waals surface area (Å²) in [5.41, 5.74) is 4.39. The predicted molar refractivity (Wildman–Crippen MR) is 154 cm³/mol. The maximum atomic E-state index is 13.6. The zero-order valence-corrected chi connectivity index (χ0v) is 23.0. The topological polar surface area (TPSA) is 241 Å². The SMILES string of the molecule is O=C1C=CCc2c1[nH]c1c3c(c4c(O)n(NC(CO)CO)c(O)c4c21)C1=CC=CC(=O)C1N3[C@@H]1O[C@H](CO)[C@@H](O)[C@H](O)[C@H]1O. The predicted octanol–water partition coefficient (Wildman–Crippen LogP) is -1.76. The first kappa shape index (κ1) is 28.5. The van der Waals surface area contributed by atoms with E-state index in [4.69, 9.17) is 4.74 Å². The molecular formula is C29H30N4O11. The Morgan fingerprint density at radius 1 is 0.977 bits per heavy atom. The number of nitrogens with one attached hydrogen (secondary N) is 2. The highest BCUT2D eigenvalue weighted by molar-refractivity contribution is 6.29.